The Morgan fingerprint density at radius 3 is 1.56 bits per heavy atom. The third-order valence-electron chi connectivity index (χ3n) is 5.42. The second-order valence-electron chi connectivity index (χ2n) is 7.29. The van der Waals surface area contributed by atoms with Gasteiger partial charge in [-0.25, -0.2) is 0 Å². The second kappa shape index (κ2) is 10.1. The molecule has 1 heterocycles. The van der Waals surface area contributed by atoms with Crippen LogP contribution in [0.1, 0.15) is 5.56 Å². The van der Waals surface area contributed by atoms with E-state index in [0.717, 1.165) is 16.5 Å². The van der Waals surface area contributed by atoms with Gasteiger partial charge >= 0.3 is 0 Å². The summed E-state index contributed by atoms with van der Waals surface area (Å²) >= 11 is 0. The molecule has 0 unspecified atom stereocenters. The number of fused-ring (bicyclic) bond motifs is 1. The van der Waals surface area contributed by atoms with E-state index in [1.807, 2.05) is 12.3 Å². The molecule has 157 valence electrons. The molecule has 0 saturated heterocycles. The first kappa shape index (κ1) is 22.2. The molecule has 0 bridgehead atoms. The molecule has 3 heteroatoms. The molecule has 0 spiro atoms. The number of para-hydroxylation sites is 1. The number of nitrogens with zero attached hydrogens (tertiary/aromatic N) is 1. The van der Waals surface area contributed by atoms with Crippen LogP contribution in [0.3, 0.4) is 0 Å². The zero-order valence-electron chi connectivity index (χ0n) is 17.3. The van der Waals surface area contributed by atoms with Crippen molar-refractivity contribution in [2.24, 2.45) is 0 Å². The third kappa shape index (κ3) is 4.20. The number of aromatic nitrogens is 1. The van der Waals surface area contributed by atoms with Gasteiger partial charge in [0, 0.05) is 34.0 Å². The quantitative estimate of drug-likeness (QED) is 0.149. The number of hydrogen-bond acceptors (Lipinski definition) is 1. The molecule has 0 atom stereocenters. The maximum absolute atomic E-state index is 4.61. The van der Waals surface area contributed by atoms with Crippen molar-refractivity contribution in [2.75, 3.05) is 0 Å². The molecule has 0 fully saturated rings. The van der Waals surface area contributed by atoms with E-state index in [1.165, 1.54) is 15.9 Å². The summed E-state index contributed by atoms with van der Waals surface area (Å²) in [7, 11) is -2.19. The number of benzene rings is 4. The molecule has 4 aromatic carbocycles. The summed E-state index contributed by atoms with van der Waals surface area (Å²) in [6.45, 7) is 0. The summed E-state index contributed by atoms with van der Waals surface area (Å²) in [5.41, 5.74) is 5.72. The van der Waals surface area contributed by atoms with E-state index in [-0.39, 0.29) is 22.4 Å². The van der Waals surface area contributed by atoms with Gasteiger partial charge in [-0.15, -0.1) is 0 Å². The van der Waals surface area contributed by atoms with Crippen LogP contribution in [-0.2, 0) is 22.4 Å². The van der Waals surface area contributed by atoms with E-state index in [0.29, 0.717) is 0 Å². The number of rotatable bonds is 3. The fourth-order valence-corrected chi connectivity index (χ4v) is 7.37. The summed E-state index contributed by atoms with van der Waals surface area (Å²) in [5.74, 6) is 3.56. The van der Waals surface area contributed by atoms with Gasteiger partial charge in [-0.1, -0.05) is 72.8 Å². The topological polar surface area (TPSA) is 12.9 Å². The van der Waals surface area contributed by atoms with Gasteiger partial charge in [0.15, 0.2) is 7.26 Å². The van der Waals surface area contributed by atoms with E-state index in [2.05, 4.69) is 132 Å². The first-order valence-corrected chi connectivity index (χ1v) is 12.1. The van der Waals surface area contributed by atoms with Crippen molar-refractivity contribution >= 4 is 34.1 Å². The number of pyridine rings is 1. The minimum atomic E-state index is -2.19. The van der Waals surface area contributed by atoms with E-state index in [9.17, 15) is 0 Å². The van der Waals surface area contributed by atoms with Crippen LogP contribution in [0.4, 0.5) is 0 Å². The summed E-state index contributed by atoms with van der Waals surface area (Å²) < 4.78 is 0. The minimum Gasteiger partial charge on any atom is -0.255 e. The van der Waals surface area contributed by atoms with Crippen molar-refractivity contribution in [3.05, 3.63) is 133 Å². The van der Waals surface area contributed by atoms with Crippen LogP contribution >= 0.6 is 7.26 Å². The van der Waals surface area contributed by atoms with Crippen LogP contribution in [0.25, 0.3) is 10.9 Å². The van der Waals surface area contributed by atoms with Gasteiger partial charge in [-0.05, 0) is 54.5 Å². The predicted molar refractivity (Wildman–Crippen MR) is 134 cm³/mol. The monoisotopic (exact) mass is 611 g/mol. The fraction of sp³-hybridized carbons (Fsp3) is 0. The van der Waals surface area contributed by atoms with Crippen LogP contribution in [-0.4, -0.2) is 4.98 Å². The fourth-order valence-electron chi connectivity index (χ4n) is 3.94. The molecule has 1 radical (unpaired) electrons. The predicted octanol–water partition coefficient (Wildman–Crippen LogP) is 5.54. The van der Waals surface area contributed by atoms with Crippen molar-refractivity contribution in [1.29, 1.82) is 0 Å². The van der Waals surface area contributed by atoms with Gasteiger partial charge in [0.25, 0.3) is 0 Å². The summed E-state index contributed by atoms with van der Waals surface area (Å²) in [6.07, 6.45) is 1.83. The smallest absolute Gasteiger partial charge is 0.189 e. The van der Waals surface area contributed by atoms with E-state index in [1.54, 1.807) is 0 Å². The maximum atomic E-state index is 4.61. The molecule has 0 aliphatic rings. The van der Waals surface area contributed by atoms with Crippen molar-refractivity contribution in [2.45, 2.75) is 0 Å². The molecule has 1 aromatic heterocycles. The molecule has 0 N–H and O–H groups in total. The van der Waals surface area contributed by atoms with Gasteiger partial charge in [0.05, 0.1) is 16.7 Å². The molecule has 1 nitrogen and oxygen atoms in total. The molecule has 32 heavy (non-hydrogen) atoms. The largest absolute Gasteiger partial charge is 0.255 e. The van der Waals surface area contributed by atoms with Crippen molar-refractivity contribution < 1.29 is 22.4 Å². The van der Waals surface area contributed by atoms with Gasteiger partial charge < -0.3 is 0 Å². The van der Waals surface area contributed by atoms with Gasteiger partial charge in [0.1, 0.15) is 15.9 Å². The minimum absolute atomic E-state index is 0. The summed E-state index contributed by atoms with van der Waals surface area (Å²) in [5, 5.41) is 4.88. The third-order valence-corrected chi connectivity index (χ3v) is 9.09. The van der Waals surface area contributed by atoms with Crippen LogP contribution in [0.2, 0.25) is 0 Å². The van der Waals surface area contributed by atoms with E-state index < -0.39 is 7.26 Å². The normalized spacial score (nSPS) is 10.6. The van der Waals surface area contributed by atoms with Crippen LogP contribution in [0.15, 0.2) is 128 Å². The Morgan fingerprint density at radius 2 is 1.03 bits per heavy atom. The van der Waals surface area contributed by atoms with Crippen molar-refractivity contribution in [3.63, 3.8) is 0 Å². The Balaban J connectivity index is 0.00000245. The Kier molecular flexibility index (Phi) is 7.01. The molecular weight excluding hydrogens is 590 g/mol. The average Bonchev–Trinajstić information content (AvgIpc) is 2.86. The molecule has 0 aliphatic carbocycles. The standard InChI is InChI=1S/C29H21NP.Au/c1-4-15-26(16-5-1)31(27-17-6-2-7-18-27,28-19-8-3-9-20-28)23-21-25-13-10-12-24-14-11-22-30-29(24)25;/h1-20,22H;/q+1;. The van der Waals surface area contributed by atoms with Crippen molar-refractivity contribution in [1.82, 2.24) is 4.98 Å². The summed E-state index contributed by atoms with van der Waals surface area (Å²) in [4.78, 5) is 4.61. The van der Waals surface area contributed by atoms with Crippen LogP contribution in [0.5, 0.6) is 0 Å². The first-order valence-electron chi connectivity index (χ1n) is 10.3. The van der Waals surface area contributed by atoms with E-state index >= 15 is 0 Å². The second-order valence-corrected chi connectivity index (χ2v) is 10.4. The van der Waals surface area contributed by atoms with E-state index in [4.69, 9.17) is 0 Å². The Labute approximate surface area is 205 Å². The summed E-state index contributed by atoms with van der Waals surface area (Å²) in [6, 6.07) is 42.4. The first-order chi connectivity index (χ1) is 15.4. The zero-order valence-corrected chi connectivity index (χ0v) is 20.4. The zero-order chi connectivity index (χ0) is 20.9. The molecule has 0 saturated carbocycles. The Hall–Kier alpha value is -2.98. The van der Waals surface area contributed by atoms with Crippen molar-refractivity contribution in [3.8, 4) is 11.6 Å². The van der Waals surface area contributed by atoms with Gasteiger partial charge in [0.2, 0.25) is 0 Å². The molecule has 5 rings (SSSR count). The Bertz CT molecular complexity index is 1270. The molecular formula is C29H21AuNP+. The van der Waals surface area contributed by atoms with Crippen LogP contribution < -0.4 is 15.9 Å². The molecule has 0 amide bonds. The average molecular weight is 611 g/mol. The maximum Gasteiger partial charge on any atom is 0.189 e. The van der Waals surface area contributed by atoms with Crippen LogP contribution in [0, 0.1) is 11.6 Å². The molecule has 5 aromatic rings. The van der Waals surface area contributed by atoms with Gasteiger partial charge in [-0.3, -0.25) is 4.98 Å². The Morgan fingerprint density at radius 1 is 0.531 bits per heavy atom. The SMILES string of the molecule is C(#C[P+](c1ccccc1)(c1ccccc1)c1ccccc1)c1cccc2cccnc12.[Au]. The van der Waals surface area contributed by atoms with Gasteiger partial charge in [-0.2, -0.15) is 0 Å². The molecule has 0 aliphatic heterocycles. The number of hydrogen-bond donors (Lipinski definition) is 0.